The fourth-order valence-corrected chi connectivity index (χ4v) is 6.01. The van der Waals surface area contributed by atoms with E-state index in [0.717, 1.165) is 86.3 Å². The number of benzene rings is 1. The summed E-state index contributed by atoms with van der Waals surface area (Å²) in [6, 6.07) is 4.17. The van der Waals surface area contributed by atoms with Crippen LogP contribution in [0.5, 0.6) is 0 Å². The molecule has 1 aromatic heterocycles. The SMILES string of the molecule is CCCS(=O)(=O)Nc1ccc(F)c(N2C=C(c3cncc(N4CCN(CCOCC)CC4)c3)C(CC)C=N2)c1F. The average Bonchev–Trinajstić information content (AvgIpc) is 2.95. The number of anilines is 3. The van der Waals surface area contributed by atoms with E-state index in [2.05, 4.69) is 30.7 Å². The number of pyridine rings is 1. The summed E-state index contributed by atoms with van der Waals surface area (Å²) in [5, 5.41) is 5.44. The molecule has 0 aliphatic carbocycles. The number of piperazine rings is 1. The minimum absolute atomic E-state index is 0.0823. The summed E-state index contributed by atoms with van der Waals surface area (Å²) in [6.07, 6.45) is 7.94. The number of ether oxygens (including phenoxy) is 1. The molecule has 2 aromatic rings. The summed E-state index contributed by atoms with van der Waals surface area (Å²) in [7, 11) is -3.77. The van der Waals surface area contributed by atoms with Crippen LogP contribution in [-0.2, 0) is 14.8 Å². The minimum atomic E-state index is -3.77. The van der Waals surface area contributed by atoms with Crippen LogP contribution in [0.1, 0.15) is 39.2 Å². The number of allylic oxidation sites excluding steroid dienone is 1. The Labute approximate surface area is 235 Å². The largest absolute Gasteiger partial charge is 0.380 e. The lowest BCUT2D eigenvalue weighted by Crippen LogP contribution is -2.47. The van der Waals surface area contributed by atoms with Gasteiger partial charge in [0.05, 0.1) is 29.9 Å². The van der Waals surface area contributed by atoms with Gasteiger partial charge in [0, 0.05) is 69.4 Å². The van der Waals surface area contributed by atoms with E-state index >= 15 is 4.39 Å². The quantitative estimate of drug-likeness (QED) is 0.371. The van der Waals surface area contributed by atoms with Gasteiger partial charge in [-0.15, -0.1) is 0 Å². The van der Waals surface area contributed by atoms with Gasteiger partial charge in [-0.05, 0) is 43.5 Å². The maximum absolute atomic E-state index is 15.5. The molecule has 2 aliphatic rings. The summed E-state index contributed by atoms with van der Waals surface area (Å²) >= 11 is 0. The Bertz CT molecular complexity index is 1330. The van der Waals surface area contributed by atoms with E-state index in [1.54, 1.807) is 25.5 Å². The Morgan fingerprint density at radius 3 is 2.58 bits per heavy atom. The second-order valence-electron chi connectivity index (χ2n) is 9.84. The Morgan fingerprint density at radius 2 is 1.88 bits per heavy atom. The number of nitrogens with one attached hydrogen (secondary N) is 1. The van der Waals surface area contributed by atoms with Crippen molar-refractivity contribution in [3.8, 4) is 0 Å². The van der Waals surface area contributed by atoms with E-state index in [9.17, 15) is 12.8 Å². The normalized spacial score (nSPS) is 18.2. The molecule has 1 N–H and O–H groups in total. The molecule has 1 fully saturated rings. The zero-order chi connectivity index (χ0) is 28.7. The van der Waals surface area contributed by atoms with Gasteiger partial charge in [-0.2, -0.15) is 5.10 Å². The minimum Gasteiger partial charge on any atom is -0.380 e. The molecule has 0 saturated carbocycles. The van der Waals surface area contributed by atoms with Crippen molar-refractivity contribution in [2.75, 3.05) is 66.3 Å². The number of nitrogens with zero attached hydrogens (tertiary/aromatic N) is 5. The molecule has 1 atom stereocenters. The Morgan fingerprint density at radius 1 is 1.10 bits per heavy atom. The summed E-state index contributed by atoms with van der Waals surface area (Å²) < 4.78 is 62.6. The molecule has 40 heavy (non-hydrogen) atoms. The summed E-state index contributed by atoms with van der Waals surface area (Å²) in [5.74, 6) is -2.14. The molecule has 4 rings (SSSR count). The van der Waals surface area contributed by atoms with Gasteiger partial charge in [-0.25, -0.2) is 22.2 Å². The predicted octanol–water partition coefficient (Wildman–Crippen LogP) is 4.54. The van der Waals surface area contributed by atoms with Crippen LogP contribution >= 0.6 is 0 Å². The van der Waals surface area contributed by atoms with Gasteiger partial charge in [0.15, 0.2) is 11.6 Å². The molecule has 3 heterocycles. The molecule has 1 saturated heterocycles. The highest BCUT2D eigenvalue weighted by molar-refractivity contribution is 7.92. The van der Waals surface area contributed by atoms with Gasteiger partial charge in [0.25, 0.3) is 0 Å². The highest BCUT2D eigenvalue weighted by Crippen LogP contribution is 2.36. The van der Waals surface area contributed by atoms with E-state index < -0.39 is 27.3 Å². The van der Waals surface area contributed by atoms with Gasteiger partial charge in [0.2, 0.25) is 10.0 Å². The summed E-state index contributed by atoms with van der Waals surface area (Å²) in [4.78, 5) is 9.15. The van der Waals surface area contributed by atoms with Gasteiger partial charge in [-0.3, -0.25) is 14.6 Å². The van der Waals surface area contributed by atoms with Crippen molar-refractivity contribution >= 4 is 38.9 Å². The van der Waals surface area contributed by atoms with E-state index in [1.165, 1.54) is 0 Å². The third-order valence-corrected chi connectivity index (χ3v) is 8.53. The molecular weight excluding hydrogens is 538 g/mol. The number of hydrogen-bond acceptors (Lipinski definition) is 8. The summed E-state index contributed by atoms with van der Waals surface area (Å²) in [5.41, 5.74) is 1.86. The third-order valence-electron chi connectivity index (χ3n) is 7.06. The van der Waals surface area contributed by atoms with Crippen molar-refractivity contribution in [2.24, 2.45) is 11.0 Å². The lowest BCUT2D eigenvalue weighted by molar-refractivity contribution is 0.111. The molecule has 1 aromatic carbocycles. The van der Waals surface area contributed by atoms with Crippen LogP contribution in [0, 0.1) is 17.6 Å². The maximum atomic E-state index is 15.5. The first-order valence-corrected chi connectivity index (χ1v) is 15.5. The Balaban J connectivity index is 1.58. The Kier molecular flexibility index (Phi) is 10.1. The fourth-order valence-electron chi connectivity index (χ4n) is 4.87. The van der Waals surface area contributed by atoms with Crippen LogP contribution in [-0.4, -0.2) is 76.2 Å². The molecule has 0 radical (unpaired) electrons. The van der Waals surface area contributed by atoms with Crippen LogP contribution in [0.2, 0.25) is 0 Å². The smallest absolute Gasteiger partial charge is 0.232 e. The number of aromatic nitrogens is 1. The lowest BCUT2D eigenvalue weighted by atomic mass is 9.92. The second-order valence-corrected chi connectivity index (χ2v) is 11.7. The van der Waals surface area contributed by atoms with Crippen molar-refractivity contribution in [1.82, 2.24) is 9.88 Å². The van der Waals surface area contributed by atoms with Crippen molar-refractivity contribution < 1.29 is 21.9 Å². The number of halogens is 2. The van der Waals surface area contributed by atoms with Crippen molar-refractivity contribution in [2.45, 2.75) is 33.6 Å². The van der Waals surface area contributed by atoms with Gasteiger partial charge in [0.1, 0.15) is 5.69 Å². The first-order valence-electron chi connectivity index (χ1n) is 13.8. The predicted molar refractivity (Wildman–Crippen MR) is 156 cm³/mol. The monoisotopic (exact) mass is 576 g/mol. The van der Waals surface area contributed by atoms with Crippen molar-refractivity contribution in [1.29, 1.82) is 0 Å². The number of sulfonamides is 1. The zero-order valence-corrected chi connectivity index (χ0v) is 24.1. The fraction of sp³-hybridized carbons (Fsp3) is 0.500. The van der Waals surface area contributed by atoms with E-state index in [-0.39, 0.29) is 17.4 Å². The van der Waals surface area contributed by atoms with Crippen LogP contribution in [0.3, 0.4) is 0 Å². The molecular formula is C28H38F2N6O3S. The van der Waals surface area contributed by atoms with Crippen LogP contribution in [0.25, 0.3) is 5.57 Å². The molecule has 9 nitrogen and oxygen atoms in total. The van der Waals surface area contributed by atoms with Gasteiger partial charge >= 0.3 is 0 Å². The summed E-state index contributed by atoms with van der Waals surface area (Å²) in [6.45, 7) is 11.7. The highest BCUT2D eigenvalue weighted by Gasteiger charge is 2.26. The number of rotatable bonds is 12. The first kappa shape index (κ1) is 29.9. The third kappa shape index (κ3) is 7.15. The van der Waals surface area contributed by atoms with Crippen molar-refractivity contribution in [3.63, 3.8) is 0 Å². The van der Waals surface area contributed by atoms with Crippen LogP contribution in [0.4, 0.5) is 25.8 Å². The van der Waals surface area contributed by atoms with Crippen LogP contribution in [0.15, 0.2) is 41.9 Å². The maximum Gasteiger partial charge on any atom is 0.232 e. The van der Waals surface area contributed by atoms with Gasteiger partial charge in [-0.1, -0.05) is 13.8 Å². The topological polar surface area (TPSA) is 90.4 Å². The number of hydrazone groups is 1. The molecule has 1 unspecified atom stereocenters. The standard InChI is InChI=1S/C28H38F2N6O3S/c1-4-15-40(37,38)33-26-8-7-25(29)28(27(26)30)36-20-24(21(5-2)18-32-36)22-16-23(19-31-17-22)35-11-9-34(10-12-35)13-14-39-6-3/h7-8,16-21,33H,4-6,9-15H2,1-3H3. The molecule has 0 amide bonds. The van der Waals surface area contributed by atoms with E-state index in [1.807, 2.05) is 20.0 Å². The van der Waals surface area contributed by atoms with Crippen LogP contribution < -0.4 is 14.6 Å². The molecule has 12 heteroatoms. The molecule has 2 aliphatic heterocycles. The molecule has 0 bridgehead atoms. The van der Waals surface area contributed by atoms with Crippen molar-refractivity contribution in [3.05, 3.63) is 54.0 Å². The second kappa shape index (κ2) is 13.5. The molecule has 0 spiro atoms. The average molecular weight is 577 g/mol. The van der Waals surface area contributed by atoms with E-state index in [0.29, 0.717) is 6.42 Å². The highest BCUT2D eigenvalue weighted by atomic mass is 32.2. The first-order chi connectivity index (χ1) is 19.3. The van der Waals surface area contributed by atoms with E-state index in [4.69, 9.17) is 4.74 Å². The zero-order valence-electron chi connectivity index (χ0n) is 23.3. The number of hydrogen-bond donors (Lipinski definition) is 1. The molecule has 218 valence electrons. The Hall–Kier alpha value is -3.09. The van der Waals surface area contributed by atoms with Gasteiger partial charge < -0.3 is 9.64 Å². The lowest BCUT2D eigenvalue weighted by Gasteiger charge is -2.36.